The van der Waals surface area contributed by atoms with Crippen LogP contribution < -0.4 is 10.6 Å². The number of anilines is 2. The second kappa shape index (κ2) is 7.11. The molecular weight excluding hydrogens is 318 g/mol. The number of amides is 1. The second-order valence-corrected chi connectivity index (χ2v) is 5.50. The molecule has 23 heavy (non-hydrogen) atoms. The fraction of sp³-hybridized carbons (Fsp3) is 0.188. The van der Waals surface area contributed by atoms with Crippen LogP contribution in [0, 0.1) is 24.0 Å². The van der Waals surface area contributed by atoms with Crippen molar-refractivity contribution in [3.8, 4) is 0 Å². The van der Waals surface area contributed by atoms with Crippen molar-refractivity contribution in [2.45, 2.75) is 13.8 Å². The van der Waals surface area contributed by atoms with E-state index in [9.17, 15) is 14.9 Å². The molecule has 0 aliphatic carbocycles. The summed E-state index contributed by atoms with van der Waals surface area (Å²) in [5.74, 6) is -0.263. The Morgan fingerprint density at radius 3 is 2.65 bits per heavy atom. The molecule has 0 saturated carbocycles. The minimum absolute atomic E-state index is 0.00599. The molecule has 7 heteroatoms. The van der Waals surface area contributed by atoms with Gasteiger partial charge in [-0.15, -0.1) is 0 Å². The number of halogens is 1. The van der Waals surface area contributed by atoms with Gasteiger partial charge in [-0.2, -0.15) is 0 Å². The molecule has 0 spiro atoms. The van der Waals surface area contributed by atoms with Gasteiger partial charge < -0.3 is 10.6 Å². The van der Waals surface area contributed by atoms with Crippen LogP contribution in [0.4, 0.5) is 17.1 Å². The Morgan fingerprint density at radius 2 is 1.96 bits per heavy atom. The number of nitrogens with zero attached hydrogens (tertiary/aromatic N) is 1. The normalized spacial score (nSPS) is 10.2. The summed E-state index contributed by atoms with van der Waals surface area (Å²) < 4.78 is 0. The molecule has 0 aliphatic rings. The maximum atomic E-state index is 12.0. The van der Waals surface area contributed by atoms with Crippen molar-refractivity contribution in [2.24, 2.45) is 0 Å². The van der Waals surface area contributed by atoms with Gasteiger partial charge in [-0.25, -0.2) is 0 Å². The SMILES string of the molecule is Cc1ccc(Cl)cc1NC(=O)CNc1cccc([N+](=O)[O-])c1C. The van der Waals surface area contributed by atoms with Gasteiger partial charge in [0.1, 0.15) is 0 Å². The molecule has 1 amide bonds. The molecule has 0 atom stereocenters. The van der Waals surface area contributed by atoms with Crippen LogP contribution in [0.15, 0.2) is 36.4 Å². The summed E-state index contributed by atoms with van der Waals surface area (Å²) in [5.41, 5.74) is 2.59. The van der Waals surface area contributed by atoms with Crippen molar-refractivity contribution in [1.82, 2.24) is 0 Å². The Bertz CT molecular complexity index is 762. The Labute approximate surface area is 138 Å². The average Bonchev–Trinajstić information content (AvgIpc) is 2.49. The van der Waals surface area contributed by atoms with E-state index in [0.717, 1.165) is 5.56 Å². The van der Waals surface area contributed by atoms with Crippen LogP contribution in [0.25, 0.3) is 0 Å². The van der Waals surface area contributed by atoms with Crippen molar-refractivity contribution in [3.63, 3.8) is 0 Å². The van der Waals surface area contributed by atoms with E-state index < -0.39 is 4.92 Å². The van der Waals surface area contributed by atoms with E-state index in [2.05, 4.69) is 10.6 Å². The summed E-state index contributed by atoms with van der Waals surface area (Å²) >= 11 is 5.91. The fourth-order valence-corrected chi connectivity index (χ4v) is 2.28. The molecule has 120 valence electrons. The number of carbonyl (C=O) groups excluding carboxylic acids is 1. The highest BCUT2D eigenvalue weighted by atomic mass is 35.5. The van der Waals surface area contributed by atoms with Crippen LogP contribution in [0.5, 0.6) is 0 Å². The zero-order valence-corrected chi connectivity index (χ0v) is 13.5. The lowest BCUT2D eigenvalue weighted by atomic mass is 10.1. The lowest BCUT2D eigenvalue weighted by Crippen LogP contribution is -2.22. The number of nitro groups is 1. The molecule has 0 aliphatic heterocycles. The zero-order valence-electron chi connectivity index (χ0n) is 12.7. The van der Waals surface area contributed by atoms with Crippen LogP contribution in [-0.2, 0) is 4.79 Å². The van der Waals surface area contributed by atoms with Gasteiger partial charge in [-0.3, -0.25) is 14.9 Å². The maximum Gasteiger partial charge on any atom is 0.274 e. The third-order valence-corrected chi connectivity index (χ3v) is 3.65. The van der Waals surface area contributed by atoms with E-state index in [1.807, 2.05) is 13.0 Å². The molecule has 2 aromatic rings. The van der Waals surface area contributed by atoms with Gasteiger partial charge >= 0.3 is 0 Å². The average molecular weight is 334 g/mol. The largest absolute Gasteiger partial charge is 0.376 e. The number of aryl methyl sites for hydroxylation is 1. The van der Waals surface area contributed by atoms with Crippen molar-refractivity contribution in [1.29, 1.82) is 0 Å². The number of hydrogen-bond acceptors (Lipinski definition) is 4. The van der Waals surface area contributed by atoms with Gasteiger partial charge in [0.25, 0.3) is 5.69 Å². The van der Waals surface area contributed by atoms with Gasteiger partial charge in [0.2, 0.25) is 5.91 Å². The topological polar surface area (TPSA) is 84.3 Å². The predicted octanol–water partition coefficient (Wildman–Crippen LogP) is 3.92. The minimum Gasteiger partial charge on any atom is -0.376 e. The monoisotopic (exact) mass is 333 g/mol. The molecule has 0 saturated heterocycles. The third kappa shape index (κ3) is 4.20. The van der Waals surface area contributed by atoms with Crippen molar-refractivity contribution in [2.75, 3.05) is 17.2 Å². The van der Waals surface area contributed by atoms with Gasteiger partial charge in [0, 0.05) is 28.0 Å². The first-order chi connectivity index (χ1) is 10.9. The summed E-state index contributed by atoms with van der Waals surface area (Å²) in [7, 11) is 0. The highest BCUT2D eigenvalue weighted by Crippen LogP contribution is 2.25. The van der Waals surface area contributed by atoms with Crippen molar-refractivity contribution in [3.05, 3.63) is 62.7 Å². The first-order valence-corrected chi connectivity index (χ1v) is 7.30. The summed E-state index contributed by atoms with van der Waals surface area (Å²) in [5, 5.41) is 17.1. The molecular formula is C16H16ClN3O3. The number of nitrogens with one attached hydrogen (secondary N) is 2. The summed E-state index contributed by atoms with van der Waals surface area (Å²) in [6.45, 7) is 3.50. The summed E-state index contributed by atoms with van der Waals surface area (Å²) in [4.78, 5) is 22.5. The molecule has 2 N–H and O–H groups in total. The standard InChI is InChI=1S/C16H16ClN3O3/c1-10-6-7-12(17)8-14(10)19-16(21)9-18-13-4-3-5-15(11(13)2)20(22)23/h3-8,18H,9H2,1-2H3,(H,19,21). The molecule has 0 unspecified atom stereocenters. The Morgan fingerprint density at radius 1 is 1.22 bits per heavy atom. The molecule has 0 aromatic heterocycles. The molecule has 2 rings (SSSR count). The van der Waals surface area contributed by atoms with Crippen molar-refractivity contribution >= 4 is 34.6 Å². The molecule has 0 heterocycles. The minimum atomic E-state index is -0.448. The molecule has 6 nitrogen and oxygen atoms in total. The van der Waals surface area contributed by atoms with E-state index in [1.54, 1.807) is 31.2 Å². The first kappa shape index (κ1) is 16.8. The van der Waals surface area contributed by atoms with Gasteiger partial charge in [-0.05, 0) is 37.6 Å². The first-order valence-electron chi connectivity index (χ1n) is 6.92. The highest BCUT2D eigenvalue weighted by molar-refractivity contribution is 6.31. The van der Waals surface area contributed by atoms with Crippen LogP contribution in [0.1, 0.15) is 11.1 Å². The Kier molecular flexibility index (Phi) is 5.18. The number of rotatable bonds is 5. The maximum absolute atomic E-state index is 12.0. The highest BCUT2D eigenvalue weighted by Gasteiger charge is 2.13. The van der Waals surface area contributed by atoms with Gasteiger partial charge in [0.15, 0.2) is 0 Å². The van der Waals surface area contributed by atoms with Gasteiger partial charge in [0.05, 0.1) is 11.5 Å². The lowest BCUT2D eigenvalue weighted by molar-refractivity contribution is -0.385. The van der Waals surface area contributed by atoms with E-state index >= 15 is 0 Å². The summed E-state index contributed by atoms with van der Waals surface area (Å²) in [6.07, 6.45) is 0. The molecule has 0 fully saturated rings. The lowest BCUT2D eigenvalue weighted by Gasteiger charge is -2.11. The smallest absolute Gasteiger partial charge is 0.274 e. The van der Waals surface area contributed by atoms with Gasteiger partial charge in [-0.1, -0.05) is 23.7 Å². The second-order valence-electron chi connectivity index (χ2n) is 5.07. The number of benzene rings is 2. The van der Waals surface area contributed by atoms with Crippen LogP contribution in [0.3, 0.4) is 0 Å². The van der Waals surface area contributed by atoms with Crippen LogP contribution in [0.2, 0.25) is 5.02 Å². The van der Waals surface area contributed by atoms with Crippen LogP contribution in [-0.4, -0.2) is 17.4 Å². The Hall–Kier alpha value is -2.60. The van der Waals surface area contributed by atoms with E-state index in [4.69, 9.17) is 11.6 Å². The zero-order chi connectivity index (χ0) is 17.0. The molecule has 0 radical (unpaired) electrons. The van der Waals surface area contributed by atoms with E-state index in [-0.39, 0.29) is 18.1 Å². The summed E-state index contributed by atoms with van der Waals surface area (Å²) in [6, 6.07) is 9.93. The quantitative estimate of drug-likeness (QED) is 0.641. The predicted molar refractivity (Wildman–Crippen MR) is 91.1 cm³/mol. The molecule has 2 aromatic carbocycles. The van der Waals surface area contributed by atoms with Crippen LogP contribution >= 0.6 is 11.6 Å². The Balaban J connectivity index is 2.04. The fourth-order valence-electron chi connectivity index (χ4n) is 2.11. The van der Waals surface area contributed by atoms with Crippen molar-refractivity contribution < 1.29 is 9.72 Å². The molecule has 0 bridgehead atoms. The number of carbonyl (C=O) groups is 1. The number of nitro benzene ring substituents is 1. The van der Waals surface area contributed by atoms with E-state index in [1.165, 1.54) is 6.07 Å². The van der Waals surface area contributed by atoms with E-state index in [0.29, 0.717) is 22.0 Å². The number of hydrogen-bond donors (Lipinski definition) is 2. The third-order valence-electron chi connectivity index (χ3n) is 3.42.